The van der Waals surface area contributed by atoms with Crippen LogP contribution in [-0.2, 0) is 40.7 Å². The van der Waals surface area contributed by atoms with Crippen LogP contribution < -0.4 is 0 Å². The Balaban J connectivity index is 0.000000173. The Morgan fingerprint density at radius 3 is 1.47 bits per heavy atom. The Bertz CT molecular complexity index is 2420. The fraction of sp³-hybridized carbons (Fsp3) is 0.0606. The average molecular weight is 884 g/mol. The molecular weight excluding hydrogens is 857 g/mol. The molecule has 0 aliphatic carbocycles. The van der Waals surface area contributed by atoms with Crippen molar-refractivity contribution in [2.24, 2.45) is 0 Å². The third-order valence-electron chi connectivity index (χ3n) is 7.52. The van der Waals surface area contributed by atoms with Gasteiger partial charge in [-0.3, -0.25) is 0 Å². The summed E-state index contributed by atoms with van der Waals surface area (Å²) < 4.78 is 97.3. The van der Waals surface area contributed by atoms with Crippen LogP contribution in [0.1, 0.15) is 5.56 Å². The van der Waals surface area contributed by atoms with Gasteiger partial charge >= 0.3 is 12.2 Å². The molecule has 5 aromatic heterocycles. The van der Waals surface area contributed by atoms with Gasteiger partial charge in [0.2, 0.25) is 0 Å². The van der Waals surface area contributed by atoms with Gasteiger partial charge in [0.1, 0.15) is 10.1 Å². The van der Waals surface area contributed by atoms with E-state index in [1.807, 2.05) is 98.7 Å². The van der Waals surface area contributed by atoms with Gasteiger partial charge in [0, 0.05) is 51.4 Å². The molecule has 0 radical (unpaired) electrons. The smallest absolute Gasteiger partial charge is 0.485 e. The van der Waals surface area contributed by atoms with Crippen LogP contribution in [0.5, 0.6) is 0 Å². The van der Waals surface area contributed by atoms with E-state index in [0.717, 1.165) is 16.5 Å². The van der Waals surface area contributed by atoms with Crippen molar-refractivity contribution in [3.63, 3.8) is 0 Å². The number of pyridine rings is 1. The minimum absolute atomic E-state index is 0. The second-order valence-corrected chi connectivity index (χ2v) is 13.8. The molecule has 0 atom stereocenters. The molecule has 22 heteroatoms. The topological polar surface area (TPSA) is 199 Å². The zero-order valence-electron chi connectivity index (χ0n) is 28.2. The zero-order valence-corrected chi connectivity index (χ0v) is 31.4. The number of aromatic nitrogens is 9. The summed E-state index contributed by atoms with van der Waals surface area (Å²) in [6.45, 7) is -0.0127. The fourth-order valence-corrected chi connectivity index (χ4v) is 5.58. The standard InChI is InChI=1S/C13H8N.C12H12BN8.C7H8O3S.CHF3O3S.Pd/c1-2-6-12-10(4-1)7-8-11-5-3-9-14-13(11)12;1-5-14-18(9-1)13(19-10-2-6-15-19,20-11-3-7-16-20)21-12-4-8-17-21;1-6-2-4-7(5-3-6)11(8,9)10;2-1(3,4)8(5,6)7;/h1-5,7-9H;1-12H;2-5H,1H3,(H,8,9,10);(H,5,6,7);/q2*-1;;;/p-2. The van der Waals surface area contributed by atoms with Gasteiger partial charge in [-0.05, 0) is 85.1 Å². The maximum Gasteiger partial charge on any atom is 0.485 e. The van der Waals surface area contributed by atoms with E-state index in [1.54, 1.807) is 36.9 Å². The van der Waals surface area contributed by atoms with E-state index < -0.39 is 32.4 Å². The third-order valence-corrected chi connectivity index (χ3v) is 8.94. The number of hydrogen-bond acceptors (Lipinski definition) is 11. The summed E-state index contributed by atoms with van der Waals surface area (Å²) in [6, 6.07) is 30.7. The Hall–Kier alpha value is -5.49. The van der Waals surface area contributed by atoms with Crippen LogP contribution in [0.4, 0.5) is 13.2 Å². The molecule has 0 aliphatic heterocycles. The van der Waals surface area contributed by atoms with E-state index in [1.165, 1.54) is 22.9 Å². The van der Waals surface area contributed by atoms with Gasteiger partial charge in [-0.15, -0.1) is 35.0 Å². The van der Waals surface area contributed by atoms with Crippen LogP contribution in [-0.4, -0.2) is 81.9 Å². The van der Waals surface area contributed by atoms with Crippen molar-refractivity contribution in [2.75, 3.05) is 0 Å². The number of hydrogen-bond donors (Lipinski definition) is 0. The van der Waals surface area contributed by atoms with Crippen molar-refractivity contribution >= 4 is 48.6 Å². The van der Waals surface area contributed by atoms with Crippen molar-refractivity contribution in [2.45, 2.75) is 17.3 Å². The van der Waals surface area contributed by atoms with Gasteiger partial charge in [-0.1, -0.05) is 35.9 Å². The molecule has 0 N–H and O–H groups in total. The Morgan fingerprint density at radius 2 is 1.07 bits per heavy atom. The van der Waals surface area contributed by atoms with E-state index in [0.29, 0.717) is 0 Å². The molecular formula is C33H27BF3N9O6PdS2-4. The summed E-state index contributed by atoms with van der Waals surface area (Å²) in [5.41, 5.74) is -3.68. The minimum Gasteiger partial charge on any atom is -0.744 e. The van der Waals surface area contributed by atoms with Gasteiger partial charge in [0.05, 0.1) is 4.90 Å². The van der Waals surface area contributed by atoms with Crippen LogP contribution in [0.2, 0.25) is 0 Å². The van der Waals surface area contributed by atoms with Gasteiger partial charge in [0.15, 0.2) is 10.1 Å². The Labute approximate surface area is 326 Å². The molecule has 0 saturated heterocycles. The van der Waals surface area contributed by atoms with Gasteiger partial charge in [-0.25, -0.2) is 37.2 Å². The van der Waals surface area contributed by atoms with Crippen LogP contribution in [0.3, 0.4) is 0 Å². The summed E-state index contributed by atoms with van der Waals surface area (Å²) in [4.78, 5) is 4.20. The molecule has 8 aromatic rings. The molecule has 55 heavy (non-hydrogen) atoms. The number of fused-ring (bicyclic) bond motifs is 3. The molecule has 0 fully saturated rings. The van der Waals surface area contributed by atoms with Gasteiger partial charge in [-0.2, -0.15) is 13.2 Å². The second-order valence-electron chi connectivity index (χ2n) is 11.1. The molecule has 290 valence electrons. The Kier molecular flexibility index (Phi) is 13.6. The van der Waals surface area contributed by atoms with Crippen LogP contribution in [0, 0.1) is 13.0 Å². The SMILES string of the molecule is Cc1ccc(S(=O)(=O)[O-])cc1.O=S(=O)([O-])C(F)(F)F.[Pd].[c-]1cccc2ccc3cccnc3c12.c1cnn([B-](n2cccn2)(n2cccn2)n2cccn2)c1. The minimum atomic E-state index is -6.09. The first-order valence-electron chi connectivity index (χ1n) is 15.5. The van der Waals surface area contributed by atoms with Crippen LogP contribution >= 0.6 is 0 Å². The third kappa shape index (κ3) is 9.98. The number of aryl methyl sites for hydroxylation is 1. The maximum absolute atomic E-state index is 10.7. The normalized spacial score (nSPS) is 11.6. The molecule has 0 unspecified atom stereocenters. The molecule has 0 aliphatic rings. The van der Waals surface area contributed by atoms with E-state index in [2.05, 4.69) is 55.7 Å². The molecule has 0 spiro atoms. The first kappa shape index (κ1) is 42.3. The molecule has 0 saturated carbocycles. The largest absolute Gasteiger partial charge is 0.744 e. The van der Waals surface area contributed by atoms with Gasteiger partial charge in [0.25, 0.3) is 0 Å². The monoisotopic (exact) mass is 883 g/mol. The molecule has 0 bridgehead atoms. The number of halogens is 3. The van der Waals surface area contributed by atoms with Crippen molar-refractivity contribution < 1.29 is 59.5 Å². The summed E-state index contributed by atoms with van der Waals surface area (Å²) in [5, 5.41) is 21.1. The average Bonchev–Trinajstić information content (AvgIpc) is 3.98. The predicted molar refractivity (Wildman–Crippen MR) is 189 cm³/mol. The zero-order chi connectivity index (χ0) is 39.0. The van der Waals surface area contributed by atoms with E-state index in [4.69, 9.17) is 13.0 Å². The number of benzene rings is 3. The second kappa shape index (κ2) is 17.8. The summed E-state index contributed by atoms with van der Waals surface area (Å²) >= 11 is 0. The van der Waals surface area contributed by atoms with Crippen molar-refractivity contribution in [1.29, 1.82) is 0 Å². The number of rotatable bonds is 5. The number of nitrogens with zero attached hydrogens (tertiary/aromatic N) is 9. The first-order chi connectivity index (χ1) is 25.6. The van der Waals surface area contributed by atoms with E-state index in [-0.39, 0.29) is 25.3 Å². The van der Waals surface area contributed by atoms with E-state index >= 15 is 0 Å². The van der Waals surface area contributed by atoms with Crippen LogP contribution in [0.25, 0.3) is 21.7 Å². The molecule has 8 rings (SSSR count). The summed E-state index contributed by atoms with van der Waals surface area (Å²) in [5.74, 6) is 0. The van der Waals surface area contributed by atoms with Crippen molar-refractivity contribution in [3.05, 3.63) is 158 Å². The molecule has 3 aromatic carbocycles. The molecule has 0 amide bonds. The molecule has 5 heterocycles. The van der Waals surface area contributed by atoms with E-state index in [9.17, 15) is 26.1 Å². The summed E-state index contributed by atoms with van der Waals surface area (Å²) in [7, 11) is -10.4. The quantitative estimate of drug-likeness (QED) is 0.0774. The summed E-state index contributed by atoms with van der Waals surface area (Å²) in [6.07, 6.45) is 16.3. The van der Waals surface area contributed by atoms with Gasteiger partial charge < -0.3 is 32.5 Å². The fourth-order valence-electron chi connectivity index (χ4n) is 5.11. The number of alkyl halides is 3. The van der Waals surface area contributed by atoms with Crippen LogP contribution in [0.15, 0.2) is 152 Å². The van der Waals surface area contributed by atoms with Crippen molar-refractivity contribution in [1.82, 2.24) is 43.7 Å². The predicted octanol–water partition coefficient (Wildman–Crippen LogP) is 4.54. The maximum atomic E-state index is 10.7. The first-order valence-corrected chi connectivity index (χ1v) is 18.3. The Morgan fingerprint density at radius 1 is 0.636 bits per heavy atom. The van der Waals surface area contributed by atoms with Crippen molar-refractivity contribution in [3.8, 4) is 0 Å². The molecule has 15 nitrogen and oxygen atoms in total.